The van der Waals surface area contributed by atoms with Crippen LogP contribution in [0.5, 0.6) is 0 Å². The van der Waals surface area contributed by atoms with Crippen LogP contribution in [0.25, 0.3) is 0 Å². The molecule has 342 valence electrons. The molecule has 0 aliphatic rings. The molecule has 0 saturated carbocycles. The third-order valence-electron chi connectivity index (χ3n) is 10.2. The van der Waals surface area contributed by atoms with Crippen molar-refractivity contribution in [2.75, 3.05) is 13.2 Å². The zero-order valence-corrected chi connectivity index (χ0v) is 38.9. The van der Waals surface area contributed by atoms with Gasteiger partial charge < -0.3 is 14.2 Å². The van der Waals surface area contributed by atoms with Crippen LogP contribution in [0.15, 0.2) is 85.1 Å². The van der Waals surface area contributed by atoms with E-state index in [9.17, 15) is 14.4 Å². The highest BCUT2D eigenvalue weighted by Gasteiger charge is 2.19. The molecule has 6 nitrogen and oxygen atoms in total. The highest BCUT2D eigenvalue weighted by molar-refractivity contribution is 5.71. The van der Waals surface area contributed by atoms with Gasteiger partial charge in [-0.3, -0.25) is 14.4 Å². The lowest BCUT2D eigenvalue weighted by atomic mass is 10.1. The van der Waals surface area contributed by atoms with Gasteiger partial charge in [0.25, 0.3) is 0 Å². The Kier molecular flexibility index (Phi) is 45.5. The van der Waals surface area contributed by atoms with E-state index >= 15 is 0 Å². The Bertz CT molecular complexity index is 1190. The summed E-state index contributed by atoms with van der Waals surface area (Å²) in [6.07, 6.45) is 61.4. The van der Waals surface area contributed by atoms with Crippen LogP contribution >= 0.6 is 0 Å². The molecule has 0 rings (SSSR count). The quantitative estimate of drug-likeness (QED) is 0.0200. The van der Waals surface area contributed by atoms with Gasteiger partial charge in [0, 0.05) is 19.3 Å². The SMILES string of the molecule is CC\C=C/C=C\C=C/C=C\C=C/CCCC(=O)OCC(COC(=O)CCCCCCCCC/C=C\CCCCCC)OC(=O)CCCCC/C=C\CCCCCCCCC. The van der Waals surface area contributed by atoms with Crippen molar-refractivity contribution >= 4 is 17.9 Å². The molecule has 0 fully saturated rings. The highest BCUT2D eigenvalue weighted by atomic mass is 16.6. The normalized spacial score (nSPS) is 12.8. The summed E-state index contributed by atoms with van der Waals surface area (Å²) in [7, 11) is 0. The Labute approximate surface area is 369 Å². The predicted molar refractivity (Wildman–Crippen MR) is 256 cm³/mol. The van der Waals surface area contributed by atoms with Crippen LogP contribution in [-0.2, 0) is 28.6 Å². The van der Waals surface area contributed by atoms with Gasteiger partial charge in [0.1, 0.15) is 13.2 Å². The first-order valence-corrected chi connectivity index (χ1v) is 24.7. The van der Waals surface area contributed by atoms with Crippen molar-refractivity contribution in [3.8, 4) is 0 Å². The molecule has 0 amide bonds. The summed E-state index contributed by atoms with van der Waals surface area (Å²) in [5.41, 5.74) is 0. The van der Waals surface area contributed by atoms with Crippen LogP contribution in [0.1, 0.15) is 220 Å². The first-order valence-electron chi connectivity index (χ1n) is 24.7. The van der Waals surface area contributed by atoms with E-state index in [1.165, 1.54) is 109 Å². The Hall–Kier alpha value is -3.41. The van der Waals surface area contributed by atoms with E-state index < -0.39 is 6.10 Å². The molecule has 1 atom stereocenters. The van der Waals surface area contributed by atoms with Crippen LogP contribution in [0.2, 0.25) is 0 Å². The number of carbonyl (C=O) groups excluding carboxylic acids is 3. The zero-order valence-electron chi connectivity index (χ0n) is 38.9. The second kappa shape index (κ2) is 48.3. The molecule has 0 aromatic heterocycles. The maximum atomic E-state index is 12.8. The average molecular weight is 835 g/mol. The van der Waals surface area contributed by atoms with Crippen molar-refractivity contribution in [3.63, 3.8) is 0 Å². The van der Waals surface area contributed by atoms with Gasteiger partial charge in [-0.1, -0.05) is 202 Å². The van der Waals surface area contributed by atoms with Crippen molar-refractivity contribution in [2.24, 2.45) is 0 Å². The summed E-state index contributed by atoms with van der Waals surface area (Å²) in [5.74, 6) is -1.01. The maximum absolute atomic E-state index is 12.8. The van der Waals surface area contributed by atoms with Crippen molar-refractivity contribution < 1.29 is 28.6 Å². The van der Waals surface area contributed by atoms with E-state index in [0.29, 0.717) is 19.3 Å². The number of esters is 3. The number of rotatable bonds is 43. The molecule has 0 aliphatic carbocycles. The number of allylic oxidation sites excluding steroid dienone is 14. The van der Waals surface area contributed by atoms with Gasteiger partial charge in [0.2, 0.25) is 0 Å². The number of hydrogen-bond donors (Lipinski definition) is 0. The lowest BCUT2D eigenvalue weighted by molar-refractivity contribution is -0.167. The van der Waals surface area contributed by atoms with Crippen molar-refractivity contribution in [1.29, 1.82) is 0 Å². The summed E-state index contributed by atoms with van der Waals surface area (Å²) in [6.45, 7) is 6.38. The first kappa shape index (κ1) is 56.6. The van der Waals surface area contributed by atoms with Crippen molar-refractivity contribution in [1.82, 2.24) is 0 Å². The number of carbonyl (C=O) groups is 3. The second-order valence-corrected chi connectivity index (χ2v) is 16.1. The van der Waals surface area contributed by atoms with E-state index in [1.807, 2.05) is 54.7 Å². The Morgan fingerprint density at radius 1 is 0.350 bits per heavy atom. The zero-order chi connectivity index (χ0) is 43.7. The molecule has 0 aromatic rings. The van der Waals surface area contributed by atoms with Gasteiger partial charge in [0.05, 0.1) is 0 Å². The Morgan fingerprint density at radius 2 is 0.683 bits per heavy atom. The number of unbranched alkanes of at least 4 members (excludes halogenated alkanes) is 22. The fourth-order valence-corrected chi connectivity index (χ4v) is 6.52. The van der Waals surface area contributed by atoms with E-state index in [-0.39, 0.29) is 37.5 Å². The smallest absolute Gasteiger partial charge is 0.306 e. The van der Waals surface area contributed by atoms with Crippen molar-refractivity contribution in [2.45, 2.75) is 226 Å². The minimum Gasteiger partial charge on any atom is -0.462 e. The lowest BCUT2D eigenvalue weighted by Gasteiger charge is -2.18. The van der Waals surface area contributed by atoms with Gasteiger partial charge in [-0.15, -0.1) is 0 Å². The Balaban J connectivity index is 4.51. The monoisotopic (exact) mass is 835 g/mol. The average Bonchev–Trinajstić information content (AvgIpc) is 3.24. The minimum atomic E-state index is -0.813. The van der Waals surface area contributed by atoms with E-state index in [0.717, 1.165) is 64.2 Å². The molecule has 0 N–H and O–H groups in total. The number of ether oxygens (including phenoxy) is 3. The standard InChI is InChI=1S/C54H90O6/c1-4-7-10-13-16-19-22-25-27-30-32-35-38-41-44-47-53(56)59-50-51(49-58-52(55)46-43-40-37-34-31-28-24-21-18-15-12-9-6-3)60-54(57)48-45-42-39-36-33-29-26-23-20-17-14-11-8-5-2/h9,12,15,18-19,21-22,24,28-29,31,33-34,37,51H,4-8,10-11,13-14,16-17,20,23,25-27,30,32,35-36,38-50H2,1-3H3/b12-9-,18-15-,22-19-,24-21-,31-28-,33-29-,37-34-. The molecule has 0 aliphatic heterocycles. The van der Waals surface area contributed by atoms with E-state index in [4.69, 9.17) is 14.2 Å². The van der Waals surface area contributed by atoms with Crippen LogP contribution in [0, 0.1) is 0 Å². The first-order chi connectivity index (χ1) is 29.5. The molecular weight excluding hydrogens is 745 g/mol. The molecule has 0 saturated heterocycles. The van der Waals surface area contributed by atoms with Gasteiger partial charge >= 0.3 is 17.9 Å². The third kappa shape index (κ3) is 45.7. The molecule has 0 radical (unpaired) electrons. The van der Waals surface area contributed by atoms with Crippen LogP contribution in [0.4, 0.5) is 0 Å². The van der Waals surface area contributed by atoms with E-state index in [1.54, 1.807) is 0 Å². The minimum absolute atomic E-state index is 0.108. The van der Waals surface area contributed by atoms with Crippen LogP contribution in [0.3, 0.4) is 0 Å². The summed E-state index contributed by atoms with van der Waals surface area (Å²) in [6, 6.07) is 0. The fraction of sp³-hybridized carbons (Fsp3) is 0.685. The molecule has 0 heterocycles. The molecule has 0 spiro atoms. The molecule has 0 aromatic carbocycles. The van der Waals surface area contributed by atoms with Crippen LogP contribution < -0.4 is 0 Å². The second-order valence-electron chi connectivity index (χ2n) is 16.1. The topological polar surface area (TPSA) is 78.9 Å². The predicted octanol–water partition coefficient (Wildman–Crippen LogP) is 16.0. The summed E-state index contributed by atoms with van der Waals surface area (Å²) in [5, 5.41) is 0. The van der Waals surface area contributed by atoms with Crippen molar-refractivity contribution in [3.05, 3.63) is 85.1 Å². The van der Waals surface area contributed by atoms with Gasteiger partial charge in [0.15, 0.2) is 6.10 Å². The lowest BCUT2D eigenvalue weighted by Crippen LogP contribution is -2.30. The highest BCUT2D eigenvalue weighted by Crippen LogP contribution is 2.13. The largest absolute Gasteiger partial charge is 0.462 e. The summed E-state index contributed by atoms with van der Waals surface area (Å²) < 4.78 is 16.7. The Morgan fingerprint density at radius 3 is 1.15 bits per heavy atom. The van der Waals surface area contributed by atoms with Crippen LogP contribution in [-0.4, -0.2) is 37.2 Å². The summed E-state index contributed by atoms with van der Waals surface area (Å²) in [4.78, 5) is 37.8. The van der Waals surface area contributed by atoms with Gasteiger partial charge in [-0.2, -0.15) is 0 Å². The molecule has 0 bridgehead atoms. The maximum Gasteiger partial charge on any atom is 0.306 e. The molecular formula is C54H90O6. The molecule has 1 unspecified atom stereocenters. The van der Waals surface area contributed by atoms with Gasteiger partial charge in [-0.05, 0) is 83.5 Å². The third-order valence-corrected chi connectivity index (χ3v) is 10.2. The van der Waals surface area contributed by atoms with E-state index in [2.05, 4.69) is 51.2 Å². The fourth-order valence-electron chi connectivity index (χ4n) is 6.52. The number of hydrogen-bond acceptors (Lipinski definition) is 6. The molecule has 60 heavy (non-hydrogen) atoms. The summed E-state index contributed by atoms with van der Waals surface area (Å²) >= 11 is 0. The van der Waals surface area contributed by atoms with Gasteiger partial charge in [-0.25, -0.2) is 0 Å². The molecule has 6 heteroatoms.